The number of carboxylic acid groups (broad SMARTS) is 1. The van der Waals surface area contributed by atoms with Gasteiger partial charge >= 0.3 is 5.97 Å². The van der Waals surface area contributed by atoms with E-state index in [-0.39, 0.29) is 18.4 Å². The van der Waals surface area contributed by atoms with Crippen molar-refractivity contribution in [2.45, 2.75) is 26.3 Å². The van der Waals surface area contributed by atoms with Gasteiger partial charge in [0.15, 0.2) is 0 Å². The van der Waals surface area contributed by atoms with E-state index in [4.69, 9.17) is 5.11 Å². The predicted molar refractivity (Wildman–Crippen MR) is 57.6 cm³/mol. The molecule has 0 spiro atoms. The molecule has 0 saturated carbocycles. The van der Waals surface area contributed by atoms with E-state index in [1.807, 2.05) is 13.8 Å². The van der Waals surface area contributed by atoms with Gasteiger partial charge in [-0.1, -0.05) is 20.3 Å². The van der Waals surface area contributed by atoms with Gasteiger partial charge < -0.3 is 15.3 Å². The molecule has 0 aromatic carbocycles. The zero-order valence-corrected chi connectivity index (χ0v) is 9.78. The minimum Gasteiger partial charge on any atom is -0.480 e. The highest BCUT2D eigenvalue weighted by molar-refractivity contribution is 5.84. The molecular weight excluding hydrogens is 196 g/mol. The van der Waals surface area contributed by atoms with Crippen molar-refractivity contribution in [3.8, 4) is 0 Å². The molecule has 0 heterocycles. The third-order valence-electron chi connectivity index (χ3n) is 2.26. The number of carbonyl (C=O) groups is 2. The lowest BCUT2D eigenvalue weighted by Crippen LogP contribution is -2.47. The molecule has 1 amide bonds. The second-order valence-corrected chi connectivity index (χ2v) is 4.01. The minimum atomic E-state index is -0.976. The number of aliphatic carboxylic acids is 1. The van der Waals surface area contributed by atoms with Crippen LogP contribution in [0.25, 0.3) is 0 Å². The molecule has 0 aliphatic carbocycles. The van der Waals surface area contributed by atoms with Crippen molar-refractivity contribution in [2.24, 2.45) is 5.92 Å². The van der Waals surface area contributed by atoms with Crippen molar-refractivity contribution < 1.29 is 14.7 Å². The molecule has 2 atom stereocenters. The first kappa shape index (κ1) is 13.9. The van der Waals surface area contributed by atoms with E-state index in [9.17, 15) is 9.59 Å². The SMILES string of the molecule is CCC(C)[C@H](NC(=O)CN(C)C)C(=O)O. The number of carboxylic acids is 1. The Morgan fingerprint density at radius 3 is 2.27 bits per heavy atom. The standard InChI is InChI=1S/C10H20N2O3/c1-5-7(2)9(10(14)15)11-8(13)6-12(3)4/h7,9H,5-6H2,1-4H3,(H,11,13)(H,14,15)/t7?,9-/m0/s1. The molecule has 5 heteroatoms. The third-order valence-corrected chi connectivity index (χ3v) is 2.26. The van der Waals surface area contributed by atoms with E-state index >= 15 is 0 Å². The molecule has 0 radical (unpaired) electrons. The number of hydrogen-bond acceptors (Lipinski definition) is 3. The Labute approximate surface area is 90.5 Å². The maximum Gasteiger partial charge on any atom is 0.326 e. The summed E-state index contributed by atoms with van der Waals surface area (Å²) >= 11 is 0. The molecule has 0 bridgehead atoms. The molecule has 0 aromatic rings. The molecule has 0 rings (SSSR count). The fourth-order valence-corrected chi connectivity index (χ4v) is 1.19. The molecule has 2 N–H and O–H groups in total. The fraction of sp³-hybridized carbons (Fsp3) is 0.800. The lowest BCUT2D eigenvalue weighted by Gasteiger charge is -2.21. The van der Waals surface area contributed by atoms with Gasteiger partial charge in [-0.3, -0.25) is 4.79 Å². The highest BCUT2D eigenvalue weighted by Gasteiger charge is 2.25. The van der Waals surface area contributed by atoms with Crippen LogP contribution in [0.1, 0.15) is 20.3 Å². The van der Waals surface area contributed by atoms with E-state index in [1.165, 1.54) is 0 Å². The summed E-state index contributed by atoms with van der Waals surface area (Å²) in [6, 6.07) is -0.789. The van der Waals surface area contributed by atoms with Gasteiger partial charge in [0.2, 0.25) is 5.91 Å². The van der Waals surface area contributed by atoms with Crippen LogP contribution >= 0.6 is 0 Å². The van der Waals surface area contributed by atoms with E-state index < -0.39 is 12.0 Å². The Bertz CT molecular complexity index is 229. The van der Waals surface area contributed by atoms with Crippen LogP contribution < -0.4 is 5.32 Å². The summed E-state index contributed by atoms with van der Waals surface area (Å²) in [5.74, 6) is -1.29. The summed E-state index contributed by atoms with van der Waals surface area (Å²) < 4.78 is 0. The van der Waals surface area contributed by atoms with Crippen LogP contribution in [0, 0.1) is 5.92 Å². The topological polar surface area (TPSA) is 69.6 Å². The Kier molecular flexibility index (Phi) is 5.93. The molecule has 1 unspecified atom stereocenters. The highest BCUT2D eigenvalue weighted by atomic mass is 16.4. The molecule has 15 heavy (non-hydrogen) atoms. The van der Waals surface area contributed by atoms with E-state index in [0.717, 1.165) is 6.42 Å². The predicted octanol–water partition coefficient (Wildman–Crippen LogP) is 0.164. The van der Waals surface area contributed by atoms with Crippen LogP contribution in [0.15, 0.2) is 0 Å². The minimum absolute atomic E-state index is 0.0615. The van der Waals surface area contributed by atoms with E-state index in [0.29, 0.717) is 0 Å². The molecule has 88 valence electrons. The third kappa shape index (κ3) is 5.37. The average Bonchev–Trinajstić information content (AvgIpc) is 2.11. The van der Waals surface area contributed by atoms with Gasteiger partial charge in [0.05, 0.1) is 6.54 Å². The van der Waals surface area contributed by atoms with Crippen molar-refractivity contribution in [1.82, 2.24) is 10.2 Å². The van der Waals surface area contributed by atoms with Crippen molar-refractivity contribution in [3.63, 3.8) is 0 Å². The van der Waals surface area contributed by atoms with Crippen LogP contribution in [0.4, 0.5) is 0 Å². The van der Waals surface area contributed by atoms with Gasteiger partial charge in [0.1, 0.15) is 6.04 Å². The molecular formula is C10H20N2O3. The van der Waals surface area contributed by atoms with Gasteiger partial charge in [-0.2, -0.15) is 0 Å². The normalized spacial score (nSPS) is 14.7. The number of nitrogens with zero attached hydrogens (tertiary/aromatic N) is 1. The second-order valence-electron chi connectivity index (χ2n) is 4.01. The summed E-state index contributed by atoms with van der Waals surface area (Å²) in [7, 11) is 3.53. The zero-order valence-electron chi connectivity index (χ0n) is 9.78. The van der Waals surface area contributed by atoms with Crippen LogP contribution in [-0.2, 0) is 9.59 Å². The summed E-state index contributed by atoms with van der Waals surface area (Å²) in [6.45, 7) is 3.92. The van der Waals surface area contributed by atoms with Gasteiger partial charge in [-0.05, 0) is 20.0 Å². The maximum atomic E-state index is 11.4. The first-order chi connectivity index (χ1) is 6.88. The molecule has 0 aliphatic rings. The van der Waals surface area contributed by atoms with E-state index in [2.05, 4.69) is 5.32 Å². The van der Waals surface area contributed by atoms with Gasteiger partial charge in [-0.15, -0.1) is 0 Å². The smallest absolute Gasteiger partial charge is 0.326 e. The van der Waals surface area contributed by atoms with Gasteiger partial charge in [-0.25, -0.2) is 4.79 Å². The monoisotopic (exact) mass is 216 g/mol. The van der Waals surface area contributed by atoms with Crippen molar-refractivity contribution in [1.29, 1.82) is 0 Å². The quantitative estimate of drug-likeness (QED) is 0.663. The van der Waals surface area contributed by atoms with Crippen molar-refractivity contribution in [3.05, 3.63) is 0 Å². The van der Waals surface area contributed by atoms with Crippen LogP contribution in [0.3, 0.4) is 0 Å². The molecule has 5 nitrogen and oxygen atoms in total. The highest BCUT2D eigenvalue weighted by Crippen LogP contribution is 2.07. The number of nitrogens with one attached hydrogen (secondary N) is 1. The Hall–Kier alpha value is -1.10. The summed E-state index contributed by atoms with van der Waals surface area (Å²) in [4.78, 5) is 24.0. The largest absolute Gasteiger partial charge is 0.480 e. The number of likely N-dealkylation sites (N-methyl/N-ethyl adjacent to an activating group) is 1. The average molecular weight is 216 g/mol. The second kappa shape index (κ2) is 6.40. The van der Waals surface area contributed by atoms with Crippen LogP contribution in [0.2, 0.25) is 0 Å². The first-order valence-corrected chi connectivity index (χ1v) is 5.05. The Balaban J connectivity index is 4.29. The Morgan fingerprint density at radius 1 is 1.40 bits per heavy atom. The summed E-state index contributed by atoms with van der Waals surface area (Å²) in [5, 5.41) is 11.4. The maximum absolute atomic E-state index is 11.4. The van der Waals surface area contributed by atoms with Crippen molar-refractivity contribution in [2.75, 3.05) is 20.6 Å². The van der Waals surface area contributed by atoms with Crippen molar-refractivity contribution >= 4 is 11.9 Å². The van der Waals surface area contributed by atoms with Gasteiger partial charge in [0, 0.05) is 0 Å². The summed E-state index contributed by atoms with van der Waals surface area (Å²) in [6.07, 6.45) is 0.721. The zero-order chi connectivity index (χ0) is 12.0. The van der Waals surface area contributed by atoms with Crippen LogP contribution in [-0.4, -0.2) is 48.6 Å². The Morgan fingerprint density at radius 2 is 1.93 bits per heavy atom. The molecule has 0 fully saturated rings. The van der Waals surface area contributed by atoms with Gasteiger partial charge in [0.25, 0.3) is 0 Å². The van der Waals surface area contributed by atoms with E-state index in [1.54, 1.807) is 19.0 Å². The molecule has 0 aromatic heterocycles. The number of carbonyl (C=O) groups excluding carboxylic acids is 1. The number of amides is 1. The lowest BCUT2D eigenvalue weighted by atomic mass is 9.99. The number of hydrogen-bond donors (Lipinski definition) is 2. The lowest BCUT2D eigenvalue weighted by molar-refractivity contribution is -0.143. The first-order valence-electron chi connectivity index (χ1n) is 5.05. The molecule has 0 aliphatic heterocycles. The summed E-state index contributed by atoms with van der Waals surface area (Å²) in [5.41, 5.74) is 0. The van der Waals surface area contributed by atoms with Crippen LogP contribution in [0.5, 0.6) is 0 Å². The fourth-order valence-electron chi connectivity index (χ4n) is 1.19. The number of rotatable bonds is 6. The molecule has 0 saturated heterocycles.